The number of thiocarbonyl (C=S) groups is 1. The van der Waals surface area contributed by atoms with Crippen LogP contribution >= 0.6 is 23.6 Å². The maximum absolute atomic E-state index is 11.3. The molecule has 0 aliphatic heterocycles. The average molecular weight is 286 g/mol. The lowest BCUT2D eigenvalue weighted by Gasteiger charge is -2.22. The van der Waals surface area contributed by atoms with Crippen LogP contribution in [0.4, 0.5) is 5.00 Å². The van der Waals surface area contributed by atoms with E-state index in [0.717, 1.165) is 23.5 Å². The number of thiophene rings is 1. The van der Waals surface area contributed by atoms with Crippen LogP contribution in [0.2, 0.25) is 0 Å². The highest BCUT2D eigenvalue weighted by Crippen LogP contribution is 2.32. The molecule has 1 rings (SSSR count). The Morgan fingerprint density at radius 2 is 1.94 bits per heavy atom. The molecule has 0 amide bonds. The molecular weight excluding hydrogens is 268 g/mol. The minimum Gasteiger partial charge on any atom is -0.478 e. The van der Waals surface area contributed by atoms with E-state index in [0.29, 0.717) is 15.7 Å². The molecule has 100 valence electrons. The van der Waals surface area contributed by atoms with Gasteiger partial charge in [-0.2, -0.15) is 0 Å². The first-order chi connectivity index (χ1) is 8.42. The van der Waals surface area contributed by atoms with Crippen LogP contribution in [0.5, 0.6) is 0 Å². The van der Waals surface area contributed by atoms with Crippen molar-refractivity contribution in [2.45, 2.75) is 27.7 Å². The summed E-state index contributed by atoms with van der Waals surface area (Å²) in [6, 6.07) is 0. The molecule has 6 heteroatoms. The van der Waals surface area contributed by atoms with E-state index in [9.17, 15) is 9.90 Å². The van der Waals surface area contributed by atoms with Gasteiger partial charge in [0.2, 0.25) is 0 Å². The molecule has 0 radical (unpaired) electrons. The number of carboxylic acid groups (broad SMARTS) is 1. The van der Waals surface area contributed by atoms with Crippen LogP contribution in [0.3, 0.4) is 0 Å². The lowest BCUT2D eigenvalue weighted by atomic mass is 10.1. The first-order valence-corrected chi connectivity index (χ1v) is 7.04. The van der Waals surface area contributed by atoms with Gasteiger partial charge >= 0.3 is 5.97 Å². The zero-order valence-corrected chi connectivity index (χ0v) is 12.7. The average Bonchev–Trinajstić information content (AvgIpc) is 2.56. The van der Waals surface area contributed by atoms with Crippen LogP contribution in [-0.2, 0) is 0 Å². The first kappa shape index (κ1) is 14.9. The Labute approximate surface area is 117 Å². The lowest BCUT2D eigenvalue weighted by molar-refractivity contribution is 0.0697. The number of nitrogens with one attached hydrogen (secondary N) is 1. The van der Waals surface area contributed by atoms with E-state index in [1.807, 2.05) is 32.6 Å². The Morgan fingerprint density at radius 1 is 1.39 bits per heavy atom. The smallest absolute Gasteiger partial charge is 0.338 e. The number of carbonyl (C=O) groups is 1. The van der Waals surface area contributed by atoms with Gasteiger partial charge in [0.1, 0.15) is 5.00 Å². The molecule has 1 aromatic rings. The molecular formula is C12H18N2O2S2. The van der Waals surface area contributed by atoms with Gasteiger partial charge in [0.05, 0.1) is 5.56 Å². The molecule has 0 aliphatic carbocycles. The zero-order chi connectivity index (χ0) is 13.9. The van der Waals surface area contributed by atoms with Gasteiger partial charge in [0, 0.05) is 18.0 Å². The van der Waals surface area contributed by atoms with Gasteiger partial charge in [-0.15, -0.1) is 11.3 Å². The van der Waals surface area contributed by atoms with E-state index in [1.54, 1.807) is 0 Å². The van der Waals surface area contributed by atoms with Gasteiger partial charge in [-0.1, -0.05) is 0 Å². The third-order valence-corrected chi connectivity index (χ3v) is 4.35. The van der Waals surface area contributed by atoms with Crippen LogP contribution in [0, 0.1) is 13.8 Å². The first-order valence-electron chi connectivity index (χ1n) is 5.81. The number of anilines is 1. The molecule has 0 saturated carbocycles. The summed E-state index contributed by atoms with van der Waals surface area (Å²) < 4.78 is 0. The van der Waals surface area contributed by atoms with Gasteiger partial charge in [-0.05, 0) is 45.5 Å². The fraction of sp³-hybridized carbons (Fsp3) is 0.500. The molecule has 4 nitrogen and oxygen atoms in total. The third kappa shape index (κ3) is 3.00. The molecule has 2 N–H and O–H groups in total. The largest absolute Gasteiger partial charge is 0.478 e. The molecule has 0 spiro atoms. The second kappa shape index (κ2) is 6.15. The summed E-state index contributed by atoms with van der Waals surface area (Å²) in [6.07, 6.45) is 0. The highest BCUT2D eigenvalue weighted by molar-refractivity contribution is 7.80. The van der Waals surface area contributed by atoms with Crippen LogP contribution in [-0.4, -0.2) is 34.2 Å². The number of hydrogen-bond acceptors (Lipinski definition) is 3. The SMILES string of the molecule is CCN(CC)C(=S)Nc1sc(C)c(C)c1C(=O)O. The van der Waals surface area contributed by atoms with Crippen molar-refractivity contribution in [2.75, 3.05) is 18.4 Å². The third-order valence-electron chi connectivity index (χ3n) is 2.87. The minimum atomic E-state index is -0.915. The Kier molecular flexibility index (Phi) is 5.10. The minimum absolute atomic E-state index is 0.326. The quantitative estimate of drug-likeness (QED) is 0.833. The number of nitrogens with zero attached hydrogens (tertiary/aromatic N) is 1. The monoisotopic (exact) mass is 286 g/mol. The maximum atomic E-state index is 11.3. The van der Waals surface area contributed by atoms with E-state index in [2.05, 4.69) is 5.32 Å². The molecule has 0 fully saturated rings. The van der Waals surface area contributed by atoms with Crippen molar-refractivity contribution < 1.29 is 9.90 Å². The van der Waals surface area contributed by atoms with Gasteiger partial charge < -0.3 is 15.3 Å². The molecule has 0 unspecified atom stereocenters. The highest BCUT2D eigenvalue weighted by Gasteiger charge is 2.20. The molecule has 18 heavy (non-hydrogen) atoms. The number of aryl methyl sites for hydroxylation is 1. The summed E-state index contributed by atoms with van der Waals surface area (Å²) in [7, 11) is 0. The van der Waals surface area contributed by atoms with Crippen LogP contribution in [0.1, 0.15) is 34.6 Å². The normalized spacial score (nSPS) is 10.2. The van der Waals surface area contributed by atoms with E-state index >= 15 is 0 Å². The van der Waals surface area contributed by atoms with Gasteiger partial charge in [0.15, 0.2) is 5.11 Å². The van der Waals surface area contributed by atoms with Crippen LogP contribution < -0.4 is 5.32 Å². The van der Waals surface area contributed by atoms with Gasteiger partial charge in [0.25, 0.3) is 0 Å². The van der Waals surface area contributed by atoms with Crippen molar-refractivity contribution in [3.8, 4) is 0 Å². The van der Waals surface area contributed by atoms with Crippen molar-refractivity contribution >= 4 is 39.6 Å². The van der Waals surface area contributed by atoms with Crippen molar-refractivity contribution in [1.29, 1.82) is 0 Å². The molecule has 0 aromatic carbocycles. The molecule has 0 bridgehead atoms. The fourth-order valence-corrected chi connectivity index (χ4v) is 3.14. The predicted molar refractivity (Wildman–Crippen MR) is 79.9 cm³/mol. The standard InChI is InChI=1S/C12H18N2O2S2/c1-5-14(6-2)12(17)13-10-9(11(15)16)7(3)8(4)18-10/h5-6H2,1-4H3,(H,13,17)(H,15,16). The summed E-state index contributed by atoms with van der Waals surface area (Å²) in [5.41, 5.74) is 1.13. The second-order valence-electron chi connectivity index (χ2n) is 3.89. The maximum Gasteiger partial charge on any atom is 0.338 e. The molecule has 0 aliphatic rings. The summed E-state index contributed by atoms with van der Waals surface area (Å²) in [4.78, 5) is 14.2. The van der Waals surface area contributed by atoms with Crippen LogP contribution in [0.25, 0.3) is 0 Å². The Bertz CT molecular complexity index is 465. The van der Waals surface area contributed by atoms with Crippen molar-refractivity contribution in [3.63, 3.8) is 0 Å². The summed E-state index contributed by atoms with van der Waals surface area (Å²) in [6.45, 7) is 9.36. The molecule has 1 heterocycles. The fourth-order valence-electron chi connectivity index (χ4n) is 1.66. The number of carboxylic acids is 1. The highest BCUT2D eigenvalue weighted by atomic mass is 32.1. The molecule has 0 saturated heterocycles. The van der Waals surface area contributed by atoms with E-state index in [1.165, 1.54) is 11.3 Å². The number of aromatic carboxylic acids is 1. The number of hydrogen-bond donors (Lipinski definition) is 2. The zero-order valence-electron chi connectivity index (χ0n) is 11.0. The van der Waals surface area contributed by atoms with E-state index < -0.39 is 5.97 Å². The summed E-state index contributed by atoms with van der Waals surface area (Å²) >= 11 is 6.71. The second-order valence-corrected chi connectivity index (χ2v) is 5.51. The predicted octanol–water partition coefficient (Wildman–Crippen LogP) is 3.10. The van der Waals surface area contributed by atoms with E-state index in [-0.39, 0.29) is 0 Å². The molecule has 0 atom stereocenters. The Hall–Kier alpha value is -1.14. The lowest BCUT2D eigenvalue weighted by Crippen LogP contribution is -2.34. The van der Waals surface area contributed by atoms with E-state index in [4.69, 9.17) is 12.2 Å². The summed E-state index contributed by atoms with van der Waals surface area (Å²) in [5.74, 6) is -0.915. The Balaban J connectivity index is 3.01. The van der Waals surface area contributed by atoms with Crippen molar-refractivity contribution in [1.82, 2.24) is 4.90 Å². The van der Waals surface area contributed by atoms with Gasteiger partial charge in [-0.25, -0.2) is 4.79 Å². The van der Waals surface area contributed by atoms with Crippen molar-refractivity contribution in [2.24, 2.45) is 0 Å². The topological polar surface area (TPSA) is 52.6 Å². The van der Waals surface area contributed by atoms with Crippen molar-refractivity contribution in [3.05, 3.63) is 16.0 Å². The van der Waals surface area contributed by atoms with Crippen LogP contribution in [0.15, 0.2) is 0 Å². The number of rotatable bonds is 4. The molecule has 1 aromatic heterocycles. The Morgan fingerprint density at radius 3 is 2.39 bits per heavy atom. The summed E-state index contributed by atoms with van der Waals surface area (Å²) in [5, 5.41) is 13.5. The van der Waals surface area contributed by atoms with Gasteiger partial charge in [-0.3, -0.25) is 0 Å².